The second kappa shape index (κ2) is 5.46. The van der Waals surface area contributed by atoms with E-state index >= 15 is 0 Å². The molecule has 2 N–H and O–H groups in total. The van der Waals surface area contributed by atoms with Gasteiger partial charge in [0, 0.05) is 12.4 Å². The summed E-state index contributed by atoms with van der Waals surface area (Å²) in [5.74, 6) is -0.564. The molecule has 3 rings (SSSR count). The van der Waals surface area contributed by atoms with Crippen LogP contribution >= 0.6 is 0 Å². The number of para-hydroxylation sites is 1. The third kappa shape index (κ3) is 2.74. The van der Waals surface area contributed by atoms with E-state index in [0.29, 0.717) is 5.69 Å². The highest BCUT2D eigenvalue weighted by molar-refractivity contribution is 5.97. The minimum atomic E-state index is -0.479. The maximum atomic E-state index is 11.8. The van der Waals surface area contributed by atoms with Crippen molar-refractivity contribution in [3.8, 4) is 5.75 Å². The van der Waals surface area contributed by atoms with E-state index in [1.165, 1.54) is 18.3 Å². The molecule has 1 amide bonds. The fourth-order valence-electron chi connectivity index (χ4n) is 1.90. The van der Waals surface area contributed by atoms with E-state index < -0.39 is 5.91 Å². The SMILES string of the molecule is O=C(N/N=C/c1cn2ccccc2n1)c1ccccc1O. The van der Waals surface area contributed by atoms with Crippen molar-refractivity contribution in [2.75, 3.05) is 0 Å². The molecule has 0 aliphatic rings. The number of carbonyl (C=O) groups is 1. The van der Waals surface area contributed by atoms with Crippen LogP contribution in [-0.4, -0.2) is 26.6 Å². The molecule has 21 heavy (non-hydrogen) atoms. The van der Waals surface area contributed by atoms with Gasteiger partial charge in [-0.3, -0.25) is 4.79 Å². The molecule has 2 heterocycles. The normalized spacial score (nSPS) is 11.0. The number of pyridine rings is 1. The largest absolute Gasteiger partial charge is 0.507 e. The Labute approximate surface area is 120 Å². The molecule has 0 saturated heterocycles. The summed E-state index contributed by atoms with van der Waals surface area (Å²) in [6.45, 7) is 0. The van der Waals surface area contributed by atoms with Gasteiger partial charge >= 0.3 is 0 Å². The predicted octanol–water partition coefficient (Wildman–Crippen LogP) is 1.80. The van der Waals surface area contributed by atoms with Crippen LogP contribution in [0, 0.1) is 0 Å². The average Bonchev–Trinajstić information content (AvgIpc) is 2.90. The first kappa shape index (κ1) is 12.9. The van der Waals surface area contributed by atoms with Gasteiger partial charge in [0.2, 0.25) is 0 Å². The molecule has 0 saturated carbocycles. The van der Waals surface area contributed by atoms with Crippen molar-refractivity contribution in [3.05, 3.63) is 66.1 Å². The summed E-state index contributed by atoms with van der Waals surface area (Å²) in [7, 11) is 0. The standard InChI is InChI=1S/C15H12N4O2/c20-13-6-2-1-5-12(13)15(21)18-16-9-11-10-19-8-4-3-7-14(19)17-11/h1-10,20H,(H,18,21)/b16-9+. The number of hydrogen-bond acceptors (Lipinski definition) is 4. The number of rotatable bonds is 3. The van der Waals surface area contributed by atoms with Gasteiger partial charge in [0.05, 0.1) is 11.8 Å². The number of hydrazone groups is 1. The number of phenolic OH excluding ortho intramolecular Hbond substituents is 1. The fraction of sp³-hybridized carbons (Fsp3) is 0. The van der Waals surface area contributed by atoms with Gasteiger partial charge in [-0.15, -0.1) is 0 Å². The molecule has 3 aromatic rings. The van der Waals surface area contributed by atoms with Crippen molar-refractivity contribution >= 4 is 17.8 Å². The molecule has 0 aliphatic heterocycles. The van der Waals surface area contributed by atoms with E-state index in [4.69, 9.17) is 0 Å². The summed E-state index contributed by atoms with van der Waals surface area (Å²) >= 11 is 0. The van der Waals surface area contributed by atoms with Gasteiger partial charge in [0.25, 0.3) is 5.91 Å². The second-order valence-corrected chi connectivity index (χ2v) is 4.35. The number of phenols is 1. The lowest BCUT2D eigenvalue weighted by Crippen LogP contribution is -2.17. The number of amides is 1. The molecular formula is C15H12N4O2. The van der Waals surface area contributed by atoms with Crippen LogP contribution < -0.4 is 5.43 Å². The molecule has 1 aromatic carbocycles. The van der Waals surface area contributed by atoms with E-state index in [-0.39, 0.29) is 11.3 Å². The summed E-state index contributed by atoms with van der Waals surface area (Å²) in [5, 5.41) is 13.4. The molecule has 6 nitrogen and oxygen atoms in total. The van der Waals surface area contributed by atoms with Crippen LogP contribution in [0.1, 0.15) is 16.1 Å². The summed E-state index contributed by atoms with van der Waals surface area (Å²) in [6, 6.07) is 11.9. The van der Waals surface area contributed by atoms with Crippen LogP contribution in [0.25, 0.3) is 5.65 Å². The Bertz CT molecular complexity index is 790. The van der Waals surface area contributed by atoms with E-state index in [9.17, 15) is 9.90 Å². The Hall–Kier alpha value is -3.15. The summed E-state index contributed by atoms with van der Waals surface area (Å²) in [6.07, 6.45) is 5.12. The Morgan fingerprint density at radius 2 is 2.05 bits per heavy atom. The number of aromatic hydroxyl groups is 1. The second-order valence-electron chi connectivity index (χ2n) is 4.35. The van der Waals surface area contributed by atoms with E-state index in [2.05, 4.69) is 15.5 Å². The third-order valence-electron chi connectivity index (χ3n) is 2.89. The summed E-state index contributed by atoms with van der Waals surface area (Å²) in [4.78, 5) is 16.1. The molecule has 104 valence electrons. The Kier molecular flexibility index (Phi) is 3.34. The van der Waals surface area contributed by atoms with Gasteiger partial charge in [-0.05, 0) is 24.3 Å². The predicted molar refractivity (Wildman–Crippen MR) is 78.4 cm³/mol. The van der Waals surface area contributed by atoms with Gasteiger partial charge in [0.1, 0.15) is 17.1 Å². The molecule has 0 unspecified atom stereocenters. The van der Waals surface area contributed by atoms with Crippen molar-refractivity contribution in [1.29, 1.82) is 0 Å². The van der Waals surface area contributed by atoms with E-state index in [0.717, 1.165) is 5.65 Å². The Balaban J connectivity index is 1.72. The van der Waals surface area contributed by atoms with Crippen molar-refractivity contribution in [3.63, 3.8) is 0 Å². The van der Waals surface area contributed by atoms with Crippen LogP contribution in [0.15, 0.2) is 60.0 Å². The zero-order valence-electron chi connectivity index (χ0n) is 11.0. The number of nitrogens with zero attached hydrogens (tertiary/aromatic N) is 3. The first-order valence-corrected chi connectivity index (χ1v) is 6.29. The number of fused-ring (bicyclic) bond motifs is 1. The fourth-order valence-corrected chi connectivity index (χ4v) is 1.90. The first-order chi connectivity index (χ1) is 10.2. The van der Waals surface area contributed by atoms with Crippen molar-refractivity contribution in [2.45, 2.75) is 0 Å². The Morgan fingerprint density at radius 3 is 2.86 bits per heavy atom. The van der Waals surface area contributed by atoms with Gasteiger partial charge in [0.15, 0.2) is 0 Å². The third-order valence-corrected chi connectivity index (χ3v) is 2.89. The van der Waals surface area contributed by atoms with Crippen LogP contribution in [0.3, 0.4) is 0 Å². The van der Waals surface area contributed by atoms with Gasteiger partial charge in [-0.2, -0.15) is 5.10 Å². The smallest absolute Gasteiger partial charge is 0.275 e. The minimum Gasteiger partial charge on any atom is -0.507 e. The van der Waals surface area contributed by atoms with Crippen LogP contribution in [0.4, 0.5) is 0 Å². The Morgan fingerprint density at radius 1 is 1.24 bits per heavy atom. The molecule has 0 spiro atoms. The monoisotopic (exact) mass is 280 g/mol. The van der Waals surface area contributed by atoms with Crippen LogP contribution in [0.2, 0.25) is 0 Å². The van der Waals surface area contributed by atoms with Gasteiger partial charge < -0.3 is 9.51 Å². The zero-order chi connectivity index (χ0) is 14.7. The molecule has 0 radical (unpaired) electrons. The topological polar surface area (TPSA) is 79.0 Å². The zero-order valence-corrected chi connectivity index (χ0v) is 11.0. The van der Waals surface area contributed by atoms with Crippen molar-refractivity contribution in [1.82, 2.24) is 14.8 Å². The maximum absolute atomic E-state index is 11.8. The number of benzene rings is 1. The van der Waals surface area contributed by atoms with Crippen LogP contribution in [-0.2, 0) is 0 Å². The highest BCUT2D eigenvalue weighted by Gasteiger charge is 2.08. The highest BCUT2D eigenvalue weighted by Crippen LogP contribution is 2.14. The summed E-state index contributed by atoms with van der Waals surface area (Å²) < 4.78 is 1.85. The number of imidazole rings is 1. The maximum Gasteiger partial charge on any atom is 0.275 e. The lowest BCUT2D eigenvalue weighted by Gasteiger charge is -2.01. The molecular weight excluding hydrogens is 268 g/mol. The molecule has 6 heteroatoms. The number of carbonyl (C=O) groups excluding carboxylic acids is 1. The van der Waals surface area contributed by atoms with Crippen LogP contribution in [0.5, 0.6) is 5.75 Å². The van der Waals surface area contributed by atoms with E-state index in [1.54, 1.807) is 18.3 Å². The number of hydrogen-bond donors (Lipinski definition) is 2. The van der Waals surface area contributed by atoms with Gasteiger partial charge in [-0.25, -0.2) is 10.4 Å². The highest BCUT2D eigenvalue weighted by atomic mass is 16.3. The summed E-state index contributed by atoms with van der Waals surface area (Å²) in [5.41, 5.74) is 3.95. The molecule has 0 fully saturated rings. The number of aromatic nitrogens is 2. The molecule has 0 atom stereocenters. The number of nitrogens with one attached hydrogen (secondary N) is 1. The molecule has 0 aliphatic carbocycles. The van der Waals surface area contributed by atoms with Crippen molar-refractivity contribution in [2.24, 2.45) is 5.10 Å². The van der Waals surface area contributed by atoms with E-state index in [1.807, 2.05) is 28.8 Å². The van der Waals surface area contributed by atoms with Crippen molar-refractivity contribution < 1.29 is 9.90 Å². The average molecular weight is 280 g/mol. The minimum absolute atomic E-state index is 0.0852. The quantitative estimate of drug-likeness (QED) is 0.567. The lowest BCUT2D eigenvalue weighted by atomic mass is 10.2. The molecule has 0 bridgehead atoms. The lowest BCUT2D eigenvalue weighted by molar-refractivity contribution is 0.0952. The first-order valence-electron chi connectivity index (χ1n) is 6.29. The van der Waals surface area contributed by atoms with Gasteiger partial charge in [-0.1, -0.05) is 18.2 Å². The molecule has 2 aromatic heterocycles.